The van der Waals surface area contributed by atoms with Gasteiger partial charge in [0.05, 0.1) is 0 Å². The van der Waals surface area contributed by atoms with Gasteiger partial charge in [-0.3, -0.25) is 4.55 Å². The molecular weight excluding hydrogens is 558 g/mol. The Balaban J connectivity index is 1.65. The molecule has 0 aliphatic heterocycles. The fourth-order valence-electron chi connectivity index (χ4n) is 7.09. The van der Waals surface area contributed by atoms with Crippen LogP contribution in [0.2, 0.25) is 0 Å². The molecule has 40 heavy (non-hydrogen) atoms. The average molecular weight is 597 g/mol. The van der Waals surface area contributed by atoms with Gasteiger partial charge in [0.15, 0.2) is 16.5 Å². The second kappa shape index (κ2) is 12.1. The smallest absolute Gasteiger partial charge is 0.339 e. The monoisotopic (exact) mass is 596 g/mol. The number of benzene rings is 2. The highest BCUT2D eigenvalue weighted by Crippen LogP contribution is 2.46. The Morgan fingerprint density at radius 1 is 0.600 bits per heavy atom. The summed E-state index contributed by atoms with van der Waals surface area (Å²) >= 11 is 0. The van der Waals surface area contributed by atoms with Crippen LogP contribution in [0.15, 0.2) is 34.1 Å². The Morgan fingerprint density at radius 3 is 1.40 bits per heavy atom. The van der Waals surface area contributed by atoms with E-state index in [1.54, 1.807) is 0 Å². The lowest BCUT2D eigenvalue weighted by Crippen LogP contribution is -2.21. The number of hydrogen-bond donors (Lipinski definition) is 1. The molecule has 10 heteroatoms. The molecule has 0 aromatic heterocycles. The topological polar surface area (TPSA) is 97.7 Å². The van der Waals surface area contributed by atoms with Gasteiger partial charge in [0.25, 0.3) is 10.1 Å². The Kier molecular flexibility index (Phi) is 8.88. The molecule has 6 nitrogen and oxygen atoms in total. The van der Waals surface area contributed by atoms with Crippen molar-refractivity contribution in [2.45, 2.75) is 124 Å². The van der Waals surface area contributed by atoms with Crippen molar-refractivity contribution in [2.75, 3.05) is 0 Å². The first-order valence-electron chi connectivity index (χ1n) is 14.6. The number of halogens is 2. The highest BCUT2D eigenvalue weighted by atomic mass is 32.2. The zero-order valence-corrected chi connectivity index (χ0v) is 24.3. The van der Waals surface area contributed by atoms with Gasteiger partial charge < -0.3 is 4.18 Å². The first-order valence-corrected chi connectivity index (χ1v) is 17.5. The fraction of sp³-hybridized carbons (Fsp3) is 0.600. The minimum Gasteiger partial charge on any atom is -0.379 e. The summed E-state index contributed by atoms with van der Waals surface area (Å²) in [4.78, 5) is -1.43. The van der Waals surface area contributed by atoms with E-state index in [0.717, 1.165) is 101 Å². The van der Waals surface area contributed by atoms with Gasteiger partial charge >= 0.3 is 10.1 Å². The van der Waals surface area contributed by atoms with Crippen LogP contribution >= 0.6 is 0 Å². The van der Waals surface area contributed by atoms with Crippen LogP contribution < -0.4 is 4.18 Å². The van der Waals surface area contributed by atoms with Crippen LogP contribution in [0.4, 0.5) is 8.78 Å². The second-order valence-corrected chi connectivity index (χ2v) is 14.6. The molecule has 0 saturated heterocycles. The molecular formula is C30H38F2O6S2. The Morgan fingerprint density at radius 2 is 1.00 bits per heavy atom. The molecule has 0 amide bonds. The lowest BCUT2D eigenvalue weighted by atomic mass is 9.76. The molecule has 3 aliphatic rings. The molecule has 3 fully saturated rings. The van der Waals surface area contributed by atoms with E-state index < -0.39 is 42.5 Å². The molecule has 3 saturated carbocycles. The minimum atomic E-state index is -5.19. The van der Waals surface area contributed by atoms with Crippen molar-refractivity contribution in [3.8, 4) is 5.75 Å². The summed E-state index contributed by atoms with van der Waals surface area (Å²) in [6, 6.07) is 5.11. The predicted molar refractivity (Wildman–Crippen MR) is 148 cm³/mol. The predicted octanol–water partition coefficient (Wildman–Crippen LogP) is 8.12. The third-order valence-electron chi connectivity index (χ3n) is 9.02. The zero-order valence-electron chi connectivity index (χ0n) is 22.7. The van der Waals surface area contributed by atoms with Crippen LogP contribution in [-0.2, 0) is 20.2 Å². The number of hydrogen-bond acceptors (Lipinski definition) is 5. The summed E-state index contributed by atoms with van der Waals surface area (Å²) in [6.45, 7) is 0. The SMILES string of the molecule is O=S(=O)(O)c1c(F)cc(OS(=O)(=O)c2c(C3CCCCC3)cc(C3CCCCC3)cc2C2CCCCC2)cc1F. The Hall–Kier alpha value is -2.04. The van der Waals surface area contributed by atoms with E-state index in [9.17, 15) is 30.2 Å². The summed E-state index contributed by atoms with van der Waals surface area (Å²) in [5.74, 6) is -3.46. The van der Waals surface area contributed by atoms with Gasteiger partial charge in [-0.2, -0.15) is 16.8 Å². The summed E-state index contributed by atoms with van der Waals surface area (Å²) in [5, 5.41) is 0. The quantitative estimate of drug-likeness (QED) is 0.256. The van der Waals surface area contributed by atoms with Crippen LogP contribution in [0.5, 0.6) is 5.75 Å². The van der Waals surface area contributed by atoms with E-state index in [1.807, 2.05) is 0 Å². The average Bonchev–Trinajstić information content (AvgIpc) is 2.92. The van der Waals surface area contributed by atoms with E-state index in [1.165, 1.54) is 12.0 Å². The zero-order chi connectivity index (χ0) is 28.5. The van der Waals surface area contributed by atoms with E-state index in [2.05, 4.69) is 12.1 Å². The van der Waals surface area contributed by atoms with Crippen LogP contribution in [0.25, 0.3) is 0 Å². The molecule has 2 aromatic rings. The van der Waals surface area contributed by atoms with E-state index in [-0.39, 0.29) is 16.7 Å². The summed E-state index contributed by atoms with van der Waals surface area (Å²) in [5.41, 5.74) is 2.69. The molecule has 2 aromatic carbocycles. The molecule has 0 spiro atoms. The van der Waals surface area contributed by atoms with Gasteiger partial charge in [-0.1, -0.05) is 69.9 Å². The fourth-order valence-corrected chi connectivity index (χ4v) is 9.16. The maximum Gasteiger partial charge on any atom is 0.339 e. The molecule has 0 bridgehead atoms. The molecule has 220 valence electrons. The maximum atomic E-state index is 14.5. The molecule has 0 unspecified atom stereocenters. The first-order chi connectivity index (χ1) is 19.0. The highest BCUT2D eigenvalue weighted by molar-refractivity contribution is 7.87. The van der Waals surface area contributed by atoms with E-state index in [0.29, 0.717) is 18.1 Å². The standard InChI is InChI=1S/C30H38F2O6S2/c31-27-18-24(19-28(32)30(27)39(33,34)35)38-40(36,37)29-25(21-12-6-2-7-13-21)16-23(20-10-4-1-5-11-20)17-26(29)22-14-8-3-9-15-22/h16-22H,1-15H2,(H,33,34,35). The van der Waals surface area contributed by atoms with Gasteiger partial charge in [0, 0.05) is 12.1 Å². The molecule has 3 aliphatic carbocycles. The van der Waals surface area contributed by atoms with Crippen molar-refractivity contribution in [1.82, 2.24) is 0 Å². The van der Waals surface area contributed by atoms with Gasteiger partial charge in [-0.25, -0.2) is 8.78 Å². The largest absolute Gasteiger partial charge is 0.379 e. The normalized spacial score (nSPS) is 20.5. The van der Waals surface area contributed by atoms with Crippen LogP contribution in [-0.4, -0.2) is 21.4 Å². The van der Waals surface area contributed by atoms with E-state index in [4.69, 9.17) is 4.18 Å². The summed E-state index contributed by atoms with van der Waals surface area (Å²) in [6.07, 6.45) is 15.4. The maximum absolute atomic E-state index is 14.5. The summed E-state index contributed by atoms with van der Waals surface area (Å²) in [7, 11) is -9.74. The van der Waals surface area contributed by atoms with Gasteiger partial charge in [0.2, 0.25) is 0 Å². The summed E-state index contributed by atoms with van der Waals surface area (Å²) < 4.78 is 94.6. The van der Waals surface area contributed by atoms with Gasteiger partial charge in [-0.15, -0.1) is 0 Å². The van der Waals surface area contributed by atoms with Crippen molar-refractivity contribution in [1.29, 1.82) is 0 Å². The number of rotatable bonds is 7. The van der Waals surface area contributed by atoms with Gasteiger partial charge in [-0.05, 0) is 73.0 Å². The minimum absolute atomic E-state index is 0.0448. The van der Waals surface area contributed by atoms with Crippen LogP contribution in [0.1, 0.15) is 131 Å². The second-order valence-electron chi connectivity index (χ2n) is 11.8. The van der Waals surface area contributed by atoms with Crippen molar-refractivity contribution in [3.05, 3.63) is 52.6 Å². The molecule has 1 N–H and O–H groups in total. The first kappa shape index (κ1) is 29.5. The van der Waals surface area contributed by atoms with Gasteiger partial charge in [0.1, 0.15) is 10.6 Å². The van der Waals surface area contributed by atoms with Crippen molar-refractivity contribution in [2.24, 2.45) is 0 Å². The van der Waals surface area contributed by atoms with Crippen LogP contribution in [0.3, 0.4) is 0 Å². The van der Waals surface area contributed by atoms with Crippen LogP contribution in [0, 0.1) is 11.6 Å². The molecule has 0 atom stereocenters. The van der Waals surface area contributed by atoms with Crippen molar-refractivity contribution >= 4 is 20.2 Å². The van der Waals surface area contributed by atoms with Crippen molar-refractivity contribution in [3.63, 3.8) is 0 Å². The van der Waals surface area contributed by atoms with E-state index >= 15 is 0 Å². The Bertz CT molecular complexity index is 1370. The van der Waals surface area contributed by atoms with Crippen molar-refractivity contribution < 1.29 is 34.4 Å². The highest BCUT2D eigenvalue weighted by Gasteiger charge is 2.35. The molecule has 5 rings (SSSR count). The Labute approximate surface area is 236 Å². The molecule has 0 radical (unpaired) electrons. The molecule has 0 heterocycles. The lowest BCUT2D eigenvalue weighted by Gasteiger charge is -2.32. The third kappa shape index (κ3) is 6.39. The third-order valence-corrected chi connectivity index (χ3v) is 11.3. The lowest BCUT2D eigenvalue weighted by molar-refractivity contribution is 0.413.